The maximum Gasteiger partial charge on any atom is 0.306 e. The van der Waals surface area contributed by atoms with E-state index < -0.39 is 0 Å². The van der Waals surface area contributed by atoms with Gasteiger partial charge >= 0.3 is 11.9 Å². The van der Waals surface area contributed by atoms with Crippen LogP contribution in [-0.4, -0.2) is 43.7 Å². The molecule has 0 N–H and O–H groups in total. The Labute approximate surface area is 140 Å². The van der Waals surface area contributed by atoms with E-state index in [1.165, 1.54) is 7.11 Å². The lowest BCUT2D eigenvalue weighted by Crippen LogP contribution is -2.34. The molecule has 6 nitrogen and oxygen atoms in total. The first-order chi connectivity index (χ1) is 11.1. The van der Waals surface area contributed by atoms with Gasteiger partial charge in [-0.1, -0.05) is 0 Å². The standard InChI is InChI=1S/C16H24N2O4S/c1-3-22-15(20)10-12-6-8-18(9-7-12)16-17-13(11-23-16)4-5-14(19)21-2/h11-12H,3-10H2,1-2H3. The highest BCUT2D eigenvalue weighted by molar-refractivity contribution is 7.13. The Morgan fingerprint density at radius 3 is 2.74 bits per heavy atom. The first-order valence-electron chi connectivity index (χ1n) is 8.04. The van der Waals surface area contributed by atoms with Crippen LogP contribution in [0.5, 0.6) is 0 Å². The second-order valence-electron chi connectivity index (χ2n) is 5.64. The fourth-order valence-corrected chi connectivity index (χ4v) is 3.59. The van der Waals surface area contributed by atoms with Crippen LogP contribution in [0.15, 0.2) is 5.38 Å². The molecule has 0 aromatic carbocycles. The predicted octanol–water partition coefficient (Wildman–Crippen LogP) is 2.42. The number of ether oxygens (including phenoxy) is 2. The van der Waals surface area contributed by atoms with Crippen molar-refractivity contribution in [3.63, 3.8) is 0 Å². The van der Waals surface area contributed by atoms with Crippen molar-refractivity contribution in [2.45, 2.75) is 39.0 Å². The van der Waals surface area contributed by atoms with Crippen molar-refractivity contribution in [1.29, 1.82) is 0 Å². The van der Waals surface area contributed by atoms with Crippen molar-refractivity contribution >= 4 is 28.4 Å². The van der Waals surface area contributed by atoms with Gasteiger partial charge in [-0.05, 0) is 25.7 Å². The van der Waals surface area contributed by atoms with Crippen molar-refractivity contribution in [3.05, 3.63) is 11.1 Å². The van der Waals surface area contributed by atoms with Gasteiger partial charge in [0.05, 0.1) is 25.8 Å². The van der Waals surface area contributed by atoms with E-state index in [1.54, 1.807) is 11.3 Å². The molecule has 0 spiro atoms. The van der Waals surface area contributed by atoms with Crippen LogP contribution in [0.3, 0.4) is 0 Å². The number of aromatic nitrogens is 1. The van der Waals surface area contributed by atoms with Gasteiger partial charge in [-0.25, -0.2) is 4.98 Å². The summed E-state index contributed by atoms with van der Waals surface area (Å²) in [4.78, 5) is 29.6. The van der Waals surface area contributed by atoms with Gasteiger partial charge in [0, 0.05) is 31.3 Å². The summed E-state index contributed by atoms with van der Waals surface area (Å²) in [5.74, 6) is 0.105. The van der Waals surface area contributed by atoms with Crippen molar-refractivity contribution < 1.29 is 19.1 Å². The zero-order valence-corrected chi connectivity index (χ0v) is 14.6. The Bertz CT molecular complexity index is 524. The molecule has 23 heavy (non-hydrogen) atoms. The SMILES string of the molecule is CCOC(=O)CC1CCN(c2nc(CCC(=O)OC)cs2)CC1. The Morgan fingerprint density at radius 1 is 1.35 bits per heavy atom. The molecule has 7 heteroatoms. The fourth-order valence-electron chi connectivity index (χ4n) is 2.67. The quantitative estimate of drug-likeness (QED) is 0.710. The van der Waals surface area contributed by atoms with Crippen LogP contribution in [0.2, 0.25) is 0 Å². The molecule has 1 aromatic heterocycles. The maximum absolute atomic E-state index is 11.5. The van der Waals surface area contributed by atoms with Crippen LogP contribution in [0.4, 0.5) is 5.13 Å². The molecule has 0 radical (unpaired) electrons. The third kappa shape index (κ3) is 5.49. The van der Waals surface area contributed by atoms with Gasteiger partial charge < -0.3 is 14.4 Å². The molecule has 1 aliphatic rings. The number of carbonyl (C=O) groups is 2. The van der Waals surface area contributed by atoms with Crippen LogP contribution in [-0.2, 0) is 25.5 Å². The van der Waals surface area contributed by atoms with Crippen molar-refractivity contribution in [3.8, 4) is 0 Å². The molecule has 0 unspecified atom stereocenters. The van der Waals surface area contributed by atoms with Crippen molar-refractivity contribution in [2.75, 3.05) is 31.7 Å². The number of carbonyl (C=O) groups excluding carboxylic acids is 2. The summed E-state index contributed by atoms with van der Waals surface area (Å²) in [5.41, 5.74) is 0.934. The molecule has 0 atom stereocenters. The van der Waals surface area contributed by atoms with E-state index in [1.807, 2.05) is 12.3 Å². The fraction of sp³-hybridized carbons (Fsp3) is 0.688. The molecule has 1 saturated heterocycles. The highest BCUT2D eigenvalue weighted by Gasteiger charge is 2.23. The minimum absolute atomic E-state index is 0.0923. The number of hydrogen-bond donors (Lipinski definition) is 0. The highest BCUT2D eigenvalue weighted by Crippen LogP contribution is 2.28. The first kappa shape index (κ1) is 17.7. The van der Waals surface area contributed by atoms with Gasteiger partial charge in [-0.3, -0.25) is 9.59 Å². The van der Waals surface area contributed by atoms with E-state index in [-0.39, 0.29) is 11.9 Å². The summed E-state index contributed by atoms with van der Waals surface area (Å²) in [5, 5.41) is 3.00. The lowest BCUT2D eigenvalue weighted by molar-refractivity contribution is -0.144. The minimum atomic E-state index is -0.209. The smallest absolute Gasteiger partial charge is 0.306 e. The lowest BCUT2D eigenvalue weighted by Gasteiger charge is -2.31. The molecule has 0 amide bonds. The van der Waals surface area contributed by atoms with Gasteiger partial charge in [-0.2, -0.15) is 0 Å². The first-order valence-corrected chi connectivity index (χ1v) is 8.92. The zero-order valence-electron chi connectivity index (χ0n) is 13.7. The number of aryl methyl sites for hydroxylation is 1. The van der Waals surface area contributed by atoms with Crippen LogP contribution >= 0.6 is 11.3 Å². The third-order valence-electron chi connectivity index (χ3n) is 4.00. The second-order valence-corrected chi connectivity index (χ2v) is 6.47. The molecule has 2 rings (SSSR count). The normalized spacial score (nSPS) is 15.5. The second kappa shape index (κ2) is 8.86. The molecule has 2 heterocycles. The molecule has 128 valence electrons. The lowest BCUT2D eigenvalue weighted by atomic mass is 9.94. The molecule has 0 bridgehead atoms. The average Bonchev–Trinajstić information content (AvgIpc) is 3.02. The molecule has 0 saturated carbocycles. The van der Waals surface area contributed by atoms with Crippen LogP contribution in [0, 0.1) is 5.92 Å². The van der Waals surface area contributed by atoms with Crippen LogP contribution in [0.25, 0.3) is 0 Å². The molecular weight excluding hydrogens is 316 g/mol. The number of nitrogens with zero attached hydrogens (tertiary/aromatic N) is 2. The van der Waals surface area contributed by atoms with E-state index >= 15 is 0 Å². The molecule has 1 aliphatic heterocycles. The molecule has 1 fully saturated rings. The third-order valence-corrected chi connectivity index (χ3v) is 4.95. The summed E-state index contributed by atoms with van der Waals surface area (Å²) in [6.07, 6.45) is 3.46. The van der Waals surface area contributed by atoms with Crippen molar-refractivity contribution in [1.82, 2.24) is 4.98 Å². The monoisotopic (exact) mass is 340 g/mol. The predicted molar refractivity (Wildman–Crippen MR) is 88.6 cm³/mol. The van der Waals surface area contributed by atoms with Gasteiger partial charge in [0.1, 0.15) is 0 Å². The Hall–Kier alpha value is -1.63. The van der Waals surface area contributed by atoms with E-state index in [2.05, 4.69) is 14.6 Å². The summed E-state index contributed by atoms with van der Waals surface area (Å²) in [6, 6.07) is 0. The minimum Gasteiger partial charge on any atom is -0.469 e. The van der Waals surface area contributed by atoms with E-state index in [0.717, 1.165) is 36.8 Å². The number of methoxy groups -OCH3 is 1. The van der Waals surface area contributed by atoms with Gasteiger partial charge in [0.25, 0.3) is 0 Å². The maximum atomic E-state index is 11.5. The molecular formula is C16H24N2O4S. The van der Waals surface area contributed by atoms with Gasteiger partial charge in [-0.15, -0.1) is 11.3 Å². The summed E-state index contributed by atoms with van der Waals surface area (Å²) in [7, 11) is 1.40. The summed E-state index contributed by atoms with van der Waals surface area (Å²) in [6.45, 7) is 4.11. The van der Waals surface area contributed by atoms with E-state index in [4.69, 9.17) is 4.74 Å². The Balaban J connectivity index is 1.78. The highest BCUT2D eigenvalue weighted by atomic mass is 32.1. The number of piperidine rings is 1. The van der Waals surface area contributed by atoms with Gasteiger partial charge in [0.2, 0.25) is 0 Å². The van der Waals surface area contributed by atoms with Gasteiger partial charge in [0.15, 0.2) is 5.13 Å². The van der Waals surface area contributed by atoms with Crippen LogP contribution < -0.4 is 4.90 Å². The number of thiazole rings is 1. The molecule has 0 aliphatic carbocycles. The summed E-state index contributed by atoms with van der Waals surface area (Å²) < 4.78 is 9.66. The Kier molecular flexibility index (Phi) is 6.83. The number of rotatable bonds is 7. The topological polar surface area (TPSA) is 68.7 Å². The van der Waals surface area contributed by atoms with E-state index in [0.29, 0.717) is 31.8 Å². The molecule has 1 aromatic rings. The average molecular weight is 340 g/mol. The van der Waals surface area contributed by atoms with E-state index in [9.17, 15) is 9.59 Å². The number of anilines is 1. The number of esters is 2. The zero-order chi connectivity index (χ0) is 16.7. The van der Waals surface area contributed by atoms with Crippen molar-refractivity contribution in [2.24, 2.45) is 5.92 Å². The van der Waals surface area contributed by atoms with Crippen LogP contribution in [0.1, 0.15) is 38.3 Å². The number of hydrogen-bond acceptors (Lipinski definition) is 7. The Morgan fingerprint density at radius 2 is 2.09 bits per heavy atom. The largest absolute Gasteiger partial charge is 0.469 e. The summed E-state index contributed by atoms with van der Waals surface area (Å²) >= 11 is 1.61.